The van der Waals surface area contributed by atoms with Crippen molar-refractivity contribution in [3.05, 3.63) is 0 Å². The van der Waals surface area contributed by atoms with Crippen LogP contribution in [0.4, 0.5) is 52.7 Å². The lowest BCUT2D eigenvalue weighted by molar-refractivity contribution is -0.313. The molecule has 0 aromatic carbocycles. The van der Waals surface area contributed by atoms with Gasteiger partial charge in [-0.3, -0.25) is 9.59 Å². The van der Waals surface area contributed by atoms with Gasteiger partial charge in [-0.2, -0.15) is 52.7 Å². The van der Waals surface area contributed by atoms with E-state index in [4.69, 9.17) is 4.74 Å². The smallest absolute Gasteiger partial charge is 0.456 e. The molecule has 4 aliphatic carbocycles. The highest BCUT2D eigenvalue weighted by Crippen LogP contribution is 2.68. The number of alkyl halides is 12. The third-order valence-electron chi connectivity index (χ3n) is 11.8. The second kappa shape index (κ2) is 13.3. The summed E-state index contributed by atoms with van der Waals surface area (Å²) >= 11 is 0. The van der Waals surface area contributed by atoms with Crippen LogP contribution >= 0.6 is 0 Å². The summed E-state index contributed by atoms with van der Waals surface area (Å²) in [5, 5.41) is 0. The maximum absolute atomic E-state index is 14.2. The lowest BCUT2D eigenvalue weighted by Crippen LogP contribution is -2.64. The minimum atomic E-state index is -5.88. The van der Waals surface area contributed by atoms with Crippen LogP contribution in [0.3, 0.4) is 0 Å². The SMILES string of the molecule is C[C@H](CCC(=O)OC(C(F)(F)F)C(F)(F)F)[C@H]1CC[C@H]2[C@@H]3C(=O)[C@H](OC(=O)C(F)(F)F)[C@@H]4C[C@H](OC(=O)C(F)(F)F)CC[C@]4(C)[C@H]3CC[C@]12C. The summed E-state index contributed by atoms with van der Waals surface area (Å²) < 4.78 is 169. The average Bonchev–Trinajstić information content (AvgIpc) is 3.32. The van der Waals surface area contributed by atoms with Crippen LogP contribution in [-0.2, 0) is 33.4 Å². The highest BCUT2D eigenvalue weighted by atomic mass is 19.4. The van der Waals surface area contributed by atoms with Crippen molar-refractivity contribution in [1.29, 1.82) is 0 Å². The first-order chi connectivity index (χ1) is 22.6. The Hall–Kier alpha value is -2.76. The van der Waals surface area contributed by atoms with Gasteiger partial charge in [-0.25, -0.2) is 9.59 Å². The Morgan fingerprint density at radius 2 is 1.26 bits per heavy atom. The molecule has 0 heterocycles. The summed E-state index contributed by atoms with van der Waals surface area (Å²) in [7, 11) is 0. The van der Waals surface area contributed by atoms with Crippen LogP contribution in [-0.4, -0.2) is 66.7 Å². The number of carbonyl (C=O) groups excluding carboxylic acids is 4. The van der Waals surface area contributed by atoms with E-state index in [0.717, 1.165) is 0 Å². The minimum absolute atomic E-state index is 0.0320. The Bertz CT molecular complexity index is 1310. The molecule has 19 heteroatoms. The number of ether oxygens (including phenoxy) is 3. The van der Waals surface area contributed by atoms with Gasteiger partial charge in [0, 0.05) is 18.3 Å². The van der Waals surface area contributed by atoms with E-state index < -0.39 is 120 Å². The number of carbonyl (C=O) groups is 4. The van der Waals surface area contributed by atoms with Crippen LogP contribution in [0.2, 0.25) is 0 Å². The van der Waals surface area contributed by atoms with Crippen molar-refractivity contribution in [2.45, 2.75) is 122 Å². The van der Waals surface area contributed by atoms with Crippen molar-refractivity contribution in [3.63, 3.8) is 0 Å². The van der Waals surface area contributed by atoms with E-state index in [1.54, 1.807) is 13.8 Å². The number of hydrogen-bond donors (Lipinski definition) is 0. The maximum Gasteiger partial charge on any atom is 0.490 e. The molecule has 4 rings (SSSR count). The van der Waals surface area contributed by atoms with Gasteiger partial charge in [0.1, 0.15) is 6.10 Å². The molecule has 4 fully saturated rings. The average molecular weight is 749 g/mol. The van der Waals surface area contributed by atoms with Gasteiger partial charge in [-0.05, 0) is 85.9 Å². The summed E-state index contributed by atoms with van der Waals surface area (Å²) in [5.41, 5.74) is -1.76. The molecular weight excluding hydrogens is 712 g/mol. The van der Waals surface area contributed by atoms with Crippen LogP contribution in [0.5, 0.6) is 0 Å². The van der Waals surface area contributed by atoms with E-state index in [-0.39, 0.29) is 25.2 Å². The van der Waals surface area contributed by atoms with E-state index in [1.807, 2.05) is 6.92 Å². The maximum atomic E-state index is 14.2. The first-order valence-corrected chi connectivity index (χ1v) is 16.0. The van der Waals surface area contributed by atoms with Gasteiger partial charge in [0.15, 0.2) is 11.9 Å². The molecule has 0 aliphatic heterocycles. The topological polar surface area (TPSA) is 96.0 Å². The number of fused-ring (bicyclic) bond motifs is 5. The van der Waals surface area contributed by atoms with Crippen molar-refractivity contribution in [2.24, 2.45) is 46.3 Å². The number of Topliss-reactive ketones (excluding diaryl/α,β-unsaturated/α-hetero) is 1. The monoisotopic (exact) mass is 748 g/mol. The normalized spacial score (nSPS) is 35.4. The fourth-order valence-electron chi connectivity index (χ4n) is 9.60. The quantitative estimate of drug-likeness (QED) is 0.149. The Morgan fingerprint density at radius 3 is 1.80 bits per heavy atom. The van der Waals surface area contributed by atoms with Crippen LogP contribution in [0, 0.1) is 46.3 Å². The molecule has 286 valence electrons. The molecule has 4 aliphatic rings. The molecule has 0 radical (unpaired) electrons. The van der Waals surface area contributed by atoms with Gasteiger partial charge in [0.05, 0.1) is 0 Å². The predicted octanol–water partition coefficient (Wildman–Crippen LogP) is 7.84. The first-order valence-electron chi connectivity index (χ1n) is 16.0. The molecule has 0 amide bonds. The van der Waals surface area contributed by atoms with Crippen molar-refractivity contribution in [3.8, 4) is 0 Å². The van der Waals surface area contributed by atoms with Crippen LogP contribution in [0.25, 0.3) is 0 Å². The Balaban J connectivity index is 1.56. The fraction of sp³-hybridized carbons (Fsp3) is 0.871. The Kier molecular flexibility index (Phi) is 10.7. The van der Waals surface area contributed by atoms with Crippen molar-refractivity contribution in [2.75, 3.05) is 0 Å². The highest BCUT2D eigenvalue weighted by molar-refractivity contribution is 5.90. The molecule has 0 N–H and O–H groups in total. The predicted molar refractivity (Wildman–Crippen MR) is 143 cm³/mol. The zero-order valence-corrected chi connectivity index (χ0v) is 27.0. The fourth-order valence-corrected chi connectivity index (χ4v) is 9.60. The van der Waals surface area contributed by atoms with Crippen molar-refractivity contribution < 1.29 is 86.1 Å². The molecule has 0 unspecified atom stereocenters. The molecule has 7 nitrogen and oxygen atoms in total. The summed E-state index contributed by atoms with van der Waals surface area (Å²) in [4.78, 5) is 49.8. The number of halogens is 12. The van der Waals surface area contributed by atoms with Crippen molar-refractivity contribution in [1.82, 2.24) is 0 Å². The molecule has 0 saturated heterocycles. The third kappa shape index (κ3) is 7.70. The van der Waals surface area contributed by atoms with Crippen molar-refractivity contribution >= 4 is 23.7 Å². The standard InChI is InChI=1S/C31H36F12O7/c1-13(4-7-19(44)49-23(28(32,33)34)29(35,36)37)15-5-6-16-20-17(9-11-26(15,16)2)27(3)10-8-14(48-24(46)30(38,39)40)12-18(27)22(21(20)45)50-25(47)31(41,42)43/h13-18,20,22-23H,4-12H2,1-3H3/t13-,14-,15-,16+,17+,18+,20+,22-,26-,27-/m1/s1. The number of esters is 3. The van der Waals surface area contributed by atoms with Crippen LogP contribution in [0.1, 0.15) is 78.6 Å². The van der Waals surface area contributed by atoms with E-state index in [9.17, 15) is 71.9 Å². The summed E-state index contributed by atoms with van der Waals surface area (Å²) in [6.07, 6.45) is -30.4. The summed E-state index contributed by atoms with van der Waals surface area (Å²) in [6.45, 7) is 5.12. The van der Waals surface area contributed by atoms with E-state index in [0.29, 0.717) is 25.7 Å². The summed E-state index contributed by atoms with van der Waals surface area (Å²) in [6, 6.07) is 0. The zero-order chi connectivity index (χ0) is 38.0. The number of rotatable bonds is 7. The minimum Gasteiger partial charge on any atom is -0.456 e. The Morgan fingerprint density at radius 1 is 0.740 bits per heavy atom. The second-order valence-electron chi connectivity index (χ2n) is 14.6. The molecule has 50 heavy (non-hydrogen) atoms. The largest absolute Gasteiger partial charge is 0.490 e. The van der Waals surface area contributed by atoms with Gasteiger partial charge in [0.2, 0.25) is 0 Å². The molecule has 0 aromatic heterocycles. The second-order valence-corrected chi connectivity index (χ2v) is 14.6. The Labute approximate surface area is 278 Å². The molecule has 10 atom stereocenters. The van der Waals surface area contributed by atoms with Crippen LogP contribution in [0.15, 0.2) is 0 Å². The number of ketones is 1. The van der Waals surface area contributed by atoms with E-state index >= 15 is 0 Å². The van der Waals surface area contributed by atoms with Gasteiger partial charge in [0.25, 0.3) is 6.10 Å². The highest BCUT2D eigenvalue weighted by Gasteiger charge is 2.67. The van der Waals surface area contributed by atoms with Gasteiger partial charge in [-0.1, -0.05) is 20.8 Å². The first kappa shape index (κ1) is 40.0. The van der Waals surface area contributed by atoms with Gasteiger partial charge >= 0.3 is 42.6 Å². The zero-order valence-electron chi connectivity index (χ0n) is 27.0. The lowest BCUT2D eigenvalue weighted by Gasteiger charge is -2.61. The van der Waals surface area contributed by atoms with Gasteiger partial charge < -0.3 is 14.2 Å². The van der Waals surface area contributed by atoms with E-state index in [2.05, 4.69) is 9.47 Å². The van der Waals surface area contributed by atoms with Gasteiger partial charge in [-0.15, -0.1) is 0 Å². The molecule has 4 saturated carbocycles. The summed E-state index contributed by atoms with van der Waals surface area (Å²) in [5.74, 6) is -11.8. The van der Waals surface area contributed by atoms with Crippen LogP contribution < -0.4 is 0 Å². The lowest BCUT2D eigenvalue weighted by atomic mass is 9.43. The molecule has 0 bridgehead atoms. The number of hydrogen-bond acceptors (Lipinski definition) is 7. The molecule has 0 aromatic rings. The molecular formula is C31H36F12O7. The van der Waals surface area contributed by atoms with E-state index in [1.165, 1.54) is 0 Å². The molecule has 0 spiro atoms. The third-order valence-corrected chi connectivity index (χ3v) is 11.8.